The van der Waals surface area contributed by atoms with E-state index in [-0.39, 0.29) is 11.8 Å². The van der Waals surface area contributed by atoms with Crippen molar-refractivity contribution in [1.82, 2.24) is 4.90 Å². The van der Waals surface area contributed by atoms with Crippen LogP contribution < -0.4 is 4.31 Å². The van der Waals surface area contributed by atoms with Gasteiger partial charge in [-0.3, -0.25) is 9.10 Å². The molecule has 1 fully saturated rings. The Kier molecular flexibility index (Phi) is 4.96. The van der Waals surface area contributed by atoms with Crippen molar-refractivity contribution in [3.8, 4) is 0 Å². The second-order valence-corrected chi connectivity index (χ2v) is 9.17. The van der Waals surface area contributed by atoms with Gasteiger partial charge in [0, 0.05) is 18.7 Å². The van der Waals surface area contributed by atoms with Crippen LogP contribution in [0.1, 0.15) is 42.1 Å². The van der Waals surface area contributed by atoms with Crippen LogP contribution in [0, 0.1) is 5.92 Å². The lowest BCUT2D eigenvalue weighted by molar-refractivity contribution is -0.144. The number of amides is 1. The van der Waals surface area contributed by atoms with Gasteiger partial charge in [0.2, 0.25) is 10.0 Å². The van der Waals surface area contributed by atoms with E-state index in [1.165, 1.54) is 15.5 Å². The summed E-state index contributed by atoms with van der Waals surface area (Å²) in [7, 11) is -3.36. The van der Waals surface area contributed by atoms with Gasteiger partial charge in [0.25, 0.3) is 5.91 Å². The minimum atomic E-state index is -3.36. The number of fused-ring (bicyclic) bond motifs is 1. The summed E-state index contributed by atoms with van der Waals surface area (Å²) in [5.74, 6) is -1.01. The Morgan fingerprint density at radius 3 is 2.62 bits per heavy atom. The lowest BCUT2D eigenvalue weighted by Gasteiger charge is -2.36. The predicted molar refractivity (Wildman–Crippen MR) is 97.8 cm³/mol. The first-order valence-corrected chi connectivity index (χ1v) is 10.7. The molecule has 26 heavy (non-hydrogen) atoms. The number of hydrogen-bond acceptors (Lipinski definition) is 4. The molecule has 1 saturated heterocycles. The van der Waals surface area contributed by atoms with Crippen molar-refractivity contribution in [2.45, 2.75) is 38.6 Å². The number of rotatable bonds is 3. The molecule has 0 aliphatic carbocycles. The fourth-order valence-electron chi connectivity index (χ4n) is 3.82. The molecule has 1 aromatic rings. The zero-order chi connectivity index (χ0) is 19.1. The van der Waals surface area contributed by atoms with Crippen LogP contribution in [0.15, 0.2) is 18.2 Å². The van der Waals surface area contributed by atoms with Crippen LogP contribution >= 0.6 is 0 Å². The van der Waals surface area contributed by atoms with Crippen molar-refractivity contribution in [2.24, 2.45) is 5.92 Å². The quantitative estimate of drug-likeness (QED) is 0.862. The minimum Gasteiger partial charge on any atom is -0.480 e. The van der Waals surface area contributed by atoms with Gasteiger partial charge in [-0.1, -0.05) is 6.92 Å². The van der Waals surface area contributed by atoms with Crippen molar-refractivity contribution in [2.75, 3.05) is 23.7 Å². The Labute approximate surface area is 153 Å². The first-order chi connectivity index (χ1) is 12.2. The summed E-state index contributed by atoms with van der Waals surface area (Å²) in [4.78, 5) is 25.9. The molecule has 2 unspecified atom stereocenters. The Bertz CT molecular complexity index is 836. The molecule has 2 atom stereocenters. The van der Waals surface area contributed by atoms with Crippen molar-refractivity contribution >= 4 is 27.6 Å². The highest BCUT2D eigenvalue weighted by molar-refractivity contribution is 7.92. The maximum atomic E-state index is 12.9. The standard InChI is InChI=1S/C18H24N2O5S/c1-12-7-9-19(16(10-12)18(22)23)17(21)14-5-6-15-13(11-14)4-3-8-20(15)26(2,24)25/h5-6,11-12,16H,3-4,7-10H2,1-2H3,(H,22,23). The molecule has 1 aromatic carbocycles. The number of carboxylic acids is 1. The lowest BCUT2D eigenvalue weighted by Crippen LogP contribution is -2.49. The fraction of sp³-hybridized carbons (Fsp3) is 0.556. The largest absolute Gasteiger partial charge is 0.480 e. The molecular weight excluding hydrogens is 356 g/mol. The normalized spacial score (nSPS) is 23.5. The van der Waals surface area contributed by atoms with Crippen LogP contribution in [0.5, 0.6) is 0 Å². The SMILES string of the molecule is CC1CCN(C(=O)c2ccc3c(c2)CCCN3S(C)(=O)=O)C(C(=O)O)C1. The topological polar surface area (TPSA) is 95.0 Å². The van der Waals surface area contributed by atoms with Crippen molar-refractivity contribution in [3.05, 3.63) is 29.3 Å². The monoisotopic (exact) mass is 380 g/mol. The third-order valence-corrected chi connectivity index (χ3v) is 6.39. The van der Waals surface area contributed by atoms with Gasteiger partial charge in [-0.25, -0.2) is 13.2 Å². The fourth-order valence-corrected chi connectivity index (χ4v) is 4.82. The molecule has 0 bridgehead atoms. The maximum absolute atomic E-state index is 12.9. The molecule has 0 spiro atoms. The molecule has 2 aliphatic heterocycles. The highest BCUT2D eigenvalue weighted by atomic mass is 32.2. The van der Waals surface area contributed by atoms with E-state index >= 15 is 0 Å². The van der Waals surface area contributed by atoms with Gasteiger partial charge >= 0.3 is 5.97 Å². The number of sulfonamides is 1. The molecule has 1 amide bonds. The Morgan fingerprint density at radius 1 is 1.23 bits per heavy atom. The Morgan fingerprint density at radius 2 is 1.96 bits per heavy atom. The summed E-state index contributed by atoms with van der Waals surface area (Å²) < 4.78 is 25.3. The number of carboxylic acid groups (broad SMARTS) is 1. The van der Waals surface area contributed by atoms with Gasteiger partial charge in [-0.15, -0.1) is 0 Å². The first-order valence-electron chi connectivity index (χ1n) is 8.83. The minimum absolute atomic E-state index is 0.270. The number of likely N-dealkylation sites (tertiary alicyclic amines) is 1. The van der Waals surface area contributed by atoms with Crippen LogP contribution in [0.4, 0.5) is 5.69 Å². The van der Waals surface area contributed by atoms with Gasteiger partial charge in [0.1, 0.15) is 6.04 Å². The third kappa shape index (κ3) is 3.56. The number of carbonyl (C=O) groups is 2. The van der Waals surface area contributed by atoms with Crippen LogP contribution in [0.2, 0.25) is 0 Å². The number of benzene rings is 1. The van der Waals surface area contributed by atoms with Crippen molar-refractivity contribution in [1.29, 1.82) is 0 Å². The van der Waals surface area contributed by atoms with Gasteiger partial charge in [-0.2, -0.15) is 0 Å². The lowest BCUT2D eigenvalue weighted by atomic mass is 9.91. The van der Waals surface area contributed by atoms with E-state index in [0.29, 0.717) is 43.6 Å². The Balaban J connectivity index is 1.90. The summed E-state index contributed by atoms with van der Waals surface area (Å²) in [5, 5.41) is 9.47. The van der Waals surface area contributed by atoms with Crippen molar-refractivity contribution in [3.63, 3.8) is 0 Å². The van der Waals surface area contributed by atoms with E-state index in [1.807, 2.05) is 6.92 Å². The number of aliphatic carboxylic acids is 1. The number of nitrogens with zero attached hydrogens (tertiary/aromatic N) is 2. The smallest absolute Gasteiger partial charge is 0.326 e. The number of piperidine rings is 1. The van der Waals surface area contributed by atoms with Gasteiger partial charge in [-0.05, 0) is 55.4 Å². The summed E-state index contributed by atoms with van der Waals surface area (Å²) in [5.41, 5.74) is 1.84. The van der Waals surface area contributed by atoms with E-state index in [2.05, 4.69) is 0 Å². The van der Waals surface area contributed by atoms with Crippen LogP contribution in [0.25, 0.3) is 0 Å². The second kappa shape index (κ2) is 6.90. The van der Waals surface area contributed by atoms with Crippen LogP contribution in [-0.4, -0.2) is 55.7 Å². The molecule has 1 N–H and O–H groups in total. The maximum Gasteiger partial charge on any atom is 0.326 e. The third-order valence-electron chi connectivity index (χ3n) is 5.21. The molecule has 0 aromatic heterocycles. The molecule has 7 nitrogen and oxygen atoms in total. The molecule has 0 saturated carbocycles. The van der Waals surface area contributed by atoms with Gasteiger partial charge in [0.05, 0.1) is 11.9 Å². The first kappa shape index (κ1) is 18.7. The van der Waals surface area contributed by atoms with Gasteiger partial charge < -0.3 is 10.0 Å². The molecule has 3 rings (SSSR count). The van der Waals surface area contributed by atoms with Gasteiger partial charge in [0.15, 0.2) is 0 Å². The molecule has 2 aliphatic rings. The van der Waals surface area contributed by atoms with E-state index < -0.39 is 22.0 Å². The summed E-state index contributed by atoms with van der Waals surface area (Å²) in [6.07, 6.45) is 3.79. The highest BCUT2D eigenvalue weighted by Gasteiger charge is 2.35. The number of hydrogen-bond donors (Lipinski definition) is 1. The van der Waals surface area contributed by atoms with E-state index in [9.17, 15) is 23.1 Å². The summed E-state index contributed by atoms with van der Waals surface area (Å²) in [6, 6.07) is 4.16. The second-order valence-electron chi connectivity index (χ2n) is 7.26. The average molecular weight is 380 g/mol. The molecule has 0 radical (unpaired) electrons. The zero-order valence-electron chi connectivity index (χ0n) is 15.0. The van der Waals surface area contributed by atoms with E-state index in [4.69, 9.17) is 0 Å². The molecule has 142 valence electrons. The highest BCUT2D eigenvalue weighted by Crippen LogP contribution is 2.31. The summed E-state index contributed by atoms with van der Waals surface area (Å²) in [6.45, 7) is 2.85. The average Bonchev–Trinajstić information content (AvgIpc) is 2.59. The van der Waals surface area contributed by atoms with Crippen LogP contribution in [-0.2, 0) is 21.2 Å². The van der Waals surface area contributed by atoms with Crippen LogP contribution in [0.3, 0.4) is 0 Å². The number of carbonyl (C=O) groups excluding carboxylic acids is 1. The molecule has 8 heteroatoms. The molecular formula is C18H24N2O5S. The zero-order valence-corrected chi connectivity index (χ0v) is 15.8. The van der Waals surface area contributed by atoms with E-state index in [0.717, 1.165) is 12.0 Å². The summed E-state index contributed by atoms with van der Waals surface area (Å²) >= 11 is 0. The number of aryl methyl sites for hydroxylation is 1. The number of anilines is 1. The Hall–Kier alpha value is -2.09. The van der Waals surface area contributed by atoms with E-state index in [1.54, 1.807) is 18.2 Å². The predicted octanol–water partition coefficient (Wildman–Crippen LogP) is 1.72. The molecule has 2 heterocycles. The van der Waals surface area contributed by atoms with Crippen molar-refractivity contribution < 1.29 is 23.1 Å².